The van der Waals surface area contributed by atoms with Crippen LogP contribution in [0.1, 0.15) is 17.0 Å². The van der Waals surface area contributed by atoms with Gasteiger partial charge in [0.1, 0.15) is 5.76 Å². The molecule has 0 unspecified atom stereocenters. The highest BCUT2D eigenvalue weighted by molar-refractivity contribution is 5.89. The molecule has 3 aromatic rings. The van der Waals surface area contributed by atoms with Gasteiger partial charge in [-0.15, -0.1) is 0 Å². The van der Waals surface area contributed by atoms with Crippen molar-refractivity contribution in [2.75, 3.05) is 31.5 Å². The first kappa shape index (κ1) is 19.2. The number of carbonyl (C=O) groups is 1. The van der Waals surface area contributed by atoms with E-state index in [2.05, 4.69) is 10.2 Å². The Morgan fingerprint density at radius 3 is 2.52 bits per heavy atom. The van der Waals surface area contributed by atoms with Gasteiger partial charge in [0.25, 0.3) is 0 Å². The second-order valence-corrected chi connectivity index (χ2v) is 7.45. The van der Waals surface area contributed by atoms with Gasteiger partial charge in [0.2, 0.25) is 5.89 Å². The summed E-state index contributed by atoms with van der Waals surface area (Å²) in [4.78, 5) is 21.4. The predicted octanol–water partition coefficient (Wildman–Crippen LogP) is 4.31. The topological polar surface area (TPSA) is 61.6 Å². The van der Waals surface area contributed by atoms with E-state index in [9.17, 15) is 4.79 Å². The molecule has 0 atom stereocenters. The lowest BCUT2D eigenvalue weighted by atomic mass is 10.2. The molecule has 2 amide bonds. The van der Waals surface area contributed by atoms with E-state index < -0.39 is 0 Å². The van der Waals surface area contributed by atoms with Crippen LogP contribution in [0.25, 0.3) is 11.5 Å². The molecule has 0 radical (unpaired) electrons. The van der Waals surface area contributed by atoms with Gasteiger partial charge in [-0.3, -0.25) is 4.90 Å². The number of nitrogens with one attached hydrogen (secondary N) is 1. The number of piperazine rings is 1. The van der Waals surface area contributed by atoms with E-state index in [1.807, 2.05) is 73.3 Å². The van der Waals surface area contributed by atoms with Gasteiger partial charge in [-0.25, -0.2) is 9.78 Å². The number of anilines is 1. The first-order chi connectivity index (χ1) is 14.1. The molecule has 2 heterocycles. The molecular weight excluding hydrogens is 364 g/mol. The fraction of sp³-hybridized carbons (Fsp3) is 0.304. The van der Waals surface area contributed by atoms with Crippen LogP contribution in [0, 0.1) is 13.8 Å². The van der Waals surface area contributed by atoms with E-state index in [0.29, 0.717) is 19.0 Å². The van der Waals surface area contributed by atoms with Crippen LogP contribution in [0.15, 0.2) is 59.0 Å². The number of hydrogen-bond donors (Lipinski definition) is 1. The average Bonchev–Trinajstić information content (AvgIpc) is 3.09. The number of aryl methyl sites for hydroxylation is 2. The Bertz CT molecular complexity index is 976. The van der Waals surface area contributed by atoms with Gasteiger partial charge in [-0.05, 0) is 43.7 Å². The van der Waals surface area contributed by atoms with Crippen molar-refractivity contribution in [2.24, 2.45) is 0 Å². The summed E-state index contributed by atoms with van der Waals surface area (Å²) in [6.07, 6.45) is 0. The first-order valence-electron chi connectivity index (χ1n) is 9.95. The molecule has 1 aliphatic rings. The van der Waals surface area contributed by atoms with Crippen LogP contribution in [0.2, 0.25) is 0 Å². The number of oxazole rings is 1. The quantitative estimate of drug-likeness (QED) is 0.721. The zero-order valence-electron chi connectivity index (χ0n) is 16.9. The van der Waals surface area contributed by atoms with Crippen molar-refractivity contribution in [3.63, 3.8) is 0 Å². The minimum Gasteiger partial charge on any atom is -0.441 e. The Morgan fingerprint density at radius 1 is 1.03 bits per heavy atom. The Balaban J connectivity index is 1.32. The third kappa shape index (κ3) is 4.66. The Labute approximate surface area is 171 Å². The maximum absolute atomic E-state index is 12.5. The molecule has 0 aliphatic carbocycles. The van der Waals surface area contributed by atoms with Gasteiger partial charge in [-0.2, -0.15) is 0 Å². The van der Waals surface area contributed by atoms with Crippen LogP contribution >= 0.6 is 0 Å². The van der Waals surface area contributed by atoms with Crippen molar-refractivity contribution in [1.29, 1.82) is 0 Å². The van der Waals surface area contributed by atoms with Crippen molar-refractivity contribution in [2.45, 2.75) is 20.4 Å². The molecule has 1 saturated heterocycles. The number of benzene rings is 2. The van der Waals surface area contributed by atoms with E-state index in [1.165, 1.54) is 0 Å². The zero-order chi connectivity index (χ0) is 20.2. The minimum absolute atomic E-state index is 0.0424. The van der Waals surface area contributed by atoms with Crippen LogP contribution in [-0.2, 0) is 6.54 Å². The molecule has 6 nitrogen and oxygen atoms in total. The van der Waals surface area contributed by atoms with Crippen molar-refractivity contribution in [3.05, 3.63) is 71.6 Å². The summed E-state index contributed by atoms with van der Waals surface area (Å²) in [5, 5.41) is 2.99. The van der Waals surface area contributed by atoms with E-state index in [1.54, 1.807) is 0 Å². The van der Waals surface area contributed by atoms with Crippen molar-refractivity contribution >= 4 is 11.7 Å². The van der Waals surface area contributed by atoms with Gasteiger partial charge >= 0.3 is 6.03 Å². The van der Waals surface area contributed by atoms with Crippen molar-refractivity contribution < 1.29 is 9.21 Å². The highest BCUT2D eigenvalue weighted by Gasteiger charge is 2.23. The Kier molecular flexibility index (Phi) is 5.62. The lowest BCUT2D eigenvalue weighted by Gasteiger charge is -2.34. The highest BCUT2D eigenvalue weighted by Crippen LogP contribution is 2.22. The van der Waals surface area contributed by atoms with Gasteiger partial charge in [0, 0.05) is 44.0 Å². The van der Waals surface area contributed by atoms with Crippen LogP contribution in [0.5, 0.6) is 0 Å². The SMILES string of the molecule is Cc1cccc(NC(=O)N2CCN(Cc3nc(-c4ccccc4)oc3C)CC2)c1. The van der Waals surface area contributed by atoms with Crippen molar-refractivity contribution in [1.82, 2.24) is 14.8 Å². The lowest BCUT2D eigenvalue weighted by molar-refractivity contribution is 0.141. The third-order valence-corrected chi connectivity index (χ3v) is 5.22. The summed E-state index contributed by atoms with van der Waals surface area (Å²) in [6.45, 7) is 7.72. The van der Waals surface area contributed by atoms with Crippen LogP contribution < -0.4 is 5.32 Å². The maximum atomic E-state index is 12.5. The summed E-state index contributed by atoms with van der Waals surface area (Å²) in [7, 11) is 0. The summed E-state index contributed by atoms with van der Waals surface area (Å²) >= 11 is 0. The van der Waals surface area contributed by atoms with Gasteiger partial charge in [-0.1, -0.05) is 30.3 Å². The second-order valence-electron chi connectivity index (χ2n) is 7.45. The first-order valence-corrected chi connectivity index (χ1v) is 9.95. The number of nitrogens with zero attached hydrogens (tertiary/aromatic N) is 3. The second kappa shape index (κ2) is 8.49. The molecule has 1 aromatic heterocycles. The van der Waals surface area contributed by atoms with Gasteiger partial charge in [0.05, 0.1) is 5.69 Å². The smallest absolute Gasteiger partial charge is 0.321 e. The molecule has 6 heteroatoms. The molecular formula is C23H26N4O2. The molecule has 2 aromatic carbocycles. The van der Waals surface area contributed by atoms with E-state index in [-0.39, 0.29) is 6.03 Å². The maximum Gasteiger partial charge on any atom is 0.321 e. The molecule has 0 bridgehead atoms. The largest absolute Gasteiger partial charge is 0.441 e. The minimum atomic E-state index is -0.0424. The van der Waals surface area contributed by atoms with Crippen LogP contribution in [0.4, 0.5) is 10.5 Å². The van der Waals surface area contributed by atoms with Crippen LogP contribution in [-0.4, -0.2) is 47.0 Å². The Morgan fingerprint density at radius 2 is 1.79 bits per heavy atom. The summed E-state index contributed by atoms with van der Waals surface area (Å²) < 4.78 is 5.87. The third-order valence-electron chi connectivity index (χ3n) is 5.22. The van der Waals surface area contributed by atoms with Gasteiger partial charge < -0.3 is 14.6 Å². The number of carbonyl (C=O) groups excluding carboxylic acids is 1. The molecule has 1 aliphatic heterocycles. The highest BCUT2D eigenvalue weighted by atomic mass is 16.4. The molecule has 4 rings (SSSR count). The number of rotatable bonds is 4. The fourth-order valence-corrected chi connectivity index (χ4v) is 3.53. The summed E-state index contributed by atoms with van der Waals surface area (Å²) in [5.41, 5.74) is 3.91. The summed E-state index contributed by atoms with van der Waals surface area (Å²) in [5.74, 6) is 1.51. The monoisotopic (exact) mass is 390 g/mol. The van der Waals surface area contributed by atoms with Crippen LogP contribution in [0.3, 0.4) is 0 Å². The number of hydrogen-bond acceptors (Lipinski definition) is 4. The van der Waals surface area contributed by atoms with E-state index in [0.717, 1.165) is 47.9 Å². The summed E-state index contributed by atoms with van der Waals surface area (Å²) in [6, 6.07) is 17.8. The molecule has 150 valence electrons. The van der Waals surface area contributed by atoms with E-state index >= 15 is 0 Å². The predicted molar refractivity (Wildman–Crippen MR) is 114 cm³/mol. The zero-order valence-corrected chi connectivity index (χ0v) is 16.9. The number of amides is 2. The standard InChI is InChI=1S/C23H26N4O2/c1-17-7-6-10-20(15-17)24-23(28)27-13-11-26(12-14-27)16-21-18(2)29-22(25-21)19-8-4-3-5-9-19/h3-10,15H,11-14,16H2,1-2H3,(H,24,28). The Hall–Kier alpha value is -3.12. The normalized spacial score (nSPS) is 14.8. The van der Waals surface area contributed by atoms with E-state index in [4.69, 9.17) is 9.40 Å². The molecule has 0 saturated carbocycles. The molecule has 1 N–H and O–H groups in total. The number of aromatic nitrogens is 1. The molecule has 1 fully saturated rings. The molecule has 29 heavy (non-hydrogen) atoms. The fourth-order valence-electron chi connectivity index (χ4n) is 3.53. The van der Waals surface area contributed by atoms with Crippen molar-refractivity contribution in [3.8, 4) is 11.5 Å². The molecule has 0 spiro atoms. The van der Waals surface area contributed by atoms with Gasteiger partial charge in [0.15, 0.2) is 0 Å². The average molecular weight is 390 g/mol. The lowest BCUT2D eigenvalue weighted by Crippen LogP contribution is -2.49. The number of urea groups is 1.